The molecule has 1 heterocycles. The summed E-state index contributed by atoms with van der Waals surface area (Å²) in [7, 11) is 1.60. The lowest BCUT2D eigenvalue weighted by atomic mass is 9.87. The average molecular weight is 449 g/mol. The Hall–Kier alpha value is -3.54. The van der Waals surface area contributed by atoms with Crippen molar-refractivity contribution in [2.24, 2.45) is 0 Å². The molecule has 0 fully saturated rings. The topological polar surface area (TPSA) is 69.7 Å². The Morgan fingerprint density at radius 1 is 1.00 bits per heavy atom. The molecule has 6 nitrogen and oxygen atoms in total. The zero-order valence-electron chi connectivity index (χ0n) is 19.9. The van der Waals surface area contributed by atoms with Gasteiger partial charge in [0.1, 0.15) is 12.4 Å². The number of benzene rings is 2. The van der Waals surface area contributed by atoms with E-state index in [1.54, 1.807) is 26.4 Å². The molecular formula is C27H32N2O4. The van der Waals surface area contributed by atoms with Gasteiger partial charge in [-0.15, -0.1) is 0 Å². The quantitative estimate of drug-likeness (QED) is 0.496. The van der Waals surface area contributed by atoms with Gasteiger partial charge in [-0.05, 0) is 65.4 Å². The number of nitrogens with one attached hydrogen (secondary N) is 1. The summed E-state index contributed by atoms with van der Waals surface area (Å²) in [6.07, 6.45) is 2.84. The van der Waals surface area contributed by atoms with Gasteiger partial charge in [-0.2, -0.15) is 0 Å². The van der Waals surface area contributed by atoms with Crippen molar-refractivity contribution in [3.8, 4) is 17.2 Å². The SMILES string of the molecule is COc1cc(CNC(=O)C(C)Oc2cccc(C(C)(C)C)c2)ccc1OCc1ccncc1. The van der Waals surface area contributed by atoms with Gasteiger partial charge >= 0.3 is 0 Å². The summed E-state index contributed by atoms with van der Waals surface area (Å²) in [5.41, 5.74) is 3.09. The second kappa shape index (κ2) is 10.9. The van der Waals surface area contributed by atoms with Gasteiger partial charge in [0.2, 0.25) is 0 Å². The van der Waals surface area contributed by atoms with Crippen LogP contribution in [-0.4, -0.2) is 24.1 Å². The molecule has 1 aromatic heterocycles. The lowest BCUT2D eigenvalue weighted by Gasteiger charge is -2.21. The minimum Gasteiger partial charge on any atom is -0.493 e. The van der Waals surface area contributed by atoms with E-state index in [2.05, 4.69) is 37.1 Å². The van der Waals surface area contributed by atoms with E-state index in [9.17, 15) is 4.79 Å². The van der Waals surface area contributed by atoms with Crippen molar-refractivity contribution in [1.82, 2.24) is 10.3 Å². The minimum atomic E-state index is -0.620. The Morgan fingerprint density at radius 3 is 2.45 bits per heavy atom. The van der Waals surface area contributed by atoms with Gasteiger partial charge in [0, 0.05) is 18.9 Å². The van der Waals surface area contributed by atoms with Crippen LogP contribution in [0.5, 0.6) is 17.2 Å². The number of methoxy groups -OCH3 is 1. The maximum Gasteiger partial charge on any atom is 0.261 e. The Labute approximate surface area is 195 Å². The first-order valence-electron chi connectivity index (χ1n) is 11.0. The lowest BCUT2D eigenvalue weighted by molar-refractivity contribution is -0.127. The summed E-state index contributed by atoms with van der Waals surface area (Å²) in [5, 5.41) is 2.93. The van der Waals surface area contributed by atoms with Gasteiger partial charge in [0.25, 0.3) is 5.91 Å². The smallest absolute Gasteiger partial charge is 0.261 e. The van der Waals surface area contributed by atoms with Crippen molar-refractivity contribution in [2.75, 3.05) is 7.11 Å². The Kier molecular flexibility index (Phi) is 7.93. The molecule has 174 valence electrons. The molecule has 0 aliphatic rings. The molecule has 1 amide bonds. The predicted octanol–water partition coefficient (Wildman–Crippen LogP) is 5.05. The Morgan fingerprint density at radius 2 is 1.76 bits per heavy atom. The number of hydrogen-bond donors (Lipinski definition) is 1. The van der Waals surface area contributed by atoms with E-state index in [1.165, 1.54) is 0 Å². The molecule has 0 spiro atoms. The summed E-state index contributed by atoms with van der Waals surface area (Å²) in [6.45, 7) is 8.95. The molecule has 0 aliphatic heterocycles. The molecule has 1 unspecified atom stereocenters. The molecule has 0 radical (unpaired) electrons. The van der Waals surface area contributed by atoms with Crippen molar-refractivity contribution in [2.45, 2.75) is 52.4 Å². The van der Waals surface area contributed by atoms with E-state index >= 15 is 0 Å². The number of aromatic nitrogens is 1. The van der Waals surface area contributed by atoms with Crippen LogP contribution in [0.3, 0.4) is 0 Å². The number of carbonyl (C=O) groups is 1. The van der Waals surface area contributed by atoms with Crippen LogP contribution in [0.2, 0.25) is 0 Å². The average Bonchev–Trinajstić information content (AvgIpc) is 2.81. The van der Waals surface area contributed by atoms with Crippen LogP contribution in [0, 0.1) is 0 Å². The normalized spacial score (nSPS) is 12.0. The van der Waals surface area contributed by atoms with Gasteiger partial charge in [0.15, 0.2) is 17.6 Å². The van der Waals surface area contributed by atoms with E-state index in [0.717, 1.165) is 16.7 Å². The number of pyridine rings is 1. The van der Waals surface area contributed by atoms with E-state index < -0.39 is 6.10 Å². The molecule has 6 heteroatoms. The largest absolute Gasteiger partial charge is 0.493 e. The van der Waals surface area contributed by atoms with E-state index in [-0.39, 0.29) is 11.3 Å². The van der Waals surface area contributed by atoms with Crippen LogP contribution in [0.15, 0.2) is 67.0 Å². The minimum absolute atomic E-state index is 0.0120. The van der Waals surface area contributed by atoms with E-state index in [0.29, 0.717) is 30.4 Å². The number of ether oxygens (including phenoxy) is 3. The zero-order valence-corrected chi connectivity index (χ0v) is 19.9. The highest BCUT2D eigenvalue weighted by atomic mass is 16.5. The maximum atomic E-state index is 12.6. The molecule has 0 saturated heterocycles. The first kappa shape index (κ1) is 24.1. The predicted molar refractivity (Wildman–Crippen MR) is 129 cm³/mol. The zero-order chi connectivity index (χ0) is 23.8. The summed E-state index contributed by atoms with van der Waals surface area (Å²) < 4.78 is 17.2. The monoisotopic (exact) mass is 448 g/mol. The fraction of sp³-hybridized carbons (Fsp3) is 0.333. The van der Waals surface area contributed by atoms with Crippen LogP contribution in [0.4, 0.5) is 0 Å². The molecule has 1 N–H and O–H groups in total. The van der Waals surface area contributed by atoms with Crippen LogP contribution >= 0.6 is 0 Å². The maximum absolute atomic E-state index is 12.6. The summed E-state index contributed by atoms with van der Waals surface area (Å²) in [4.78, 5) is 16.6. The third kappa shape index (κ3) is 6.97. The second-order valence-electron chi connectivity index (χ2n) is 8.89. The Balaban J connectivity index is 1.56. The molecule has 1 atom stereocenters. The number of hydrogen-bond acceptors (Lipinski definition) is 5. The number of rotatable bonds is 9. The van der Waals surface area contributed by atoms with Gasteiger partial charge in [-0.3, -0.25) is 9.78 Å². The first-order chi connectivity index (χ1) is 15.8. The van der Waals surface area contributed by atoms with Crippen molar-refractivity contribution in [1.29, 1.82) is 0 Å². The molecule has 0 bridgehead atoms. The molecule has 2 aromatic carbocycles. The van der Waals surface area contributed by atoms with Crippen molar-refractivity contribution in [3.63, 3.8) is 0 Å². The van der Waals surface area contributed by atoms with Crippen molar-refractivity contribution >= 4 is 5.91 Å². The third-order valence-corrected chi connectivity index (χ3v) is 5.22. The number of nitrogens with zero attached hydrogens (tertiary/aromatic N) is 1. The van der Waals surface area contributed by atoms with Gasteiger partial charge in [-0.25, -0.2) is 0 Å². The summed E-state index contributed by atoms with van der Waals surface area (Å²) in [6, 6.07) is 17.3. The highest BCUT2D eigenvalue weighted by molar-refractivity contribution is 5.80. The number of amides is 1. The molecule has 3 aromatic rings. The molecule has 0 aliphatic carbocycles. The highest BCUT2D eigenvalue weighted by Gasteiger charge is 2.18. The van der Waals surface area contributed by atoms with E-state index in [4.69, 9.17) is 14.2 Å². The highest BCUT2D eigenvalue weighted by Crippen LogP contribution is 2.29. The first-order valence-corrected chi connectivity index (χ1v) is 11.0. The van der Waals surface area contributed by atoms with Gasteiger partial charge in [-0.1, -0.05) is 39.0 Å². The lowest BCUT2D eigenvalue weighted by Crippen LogP contribution is -2.35. The van der Waals surface area contributed by atoms with Gasteiger partial charge in [0.05, 0.1) is 7.11 Å². The molecular weight excluding hydrogens is 416 g/mol. The molecule has 3 rings (SSSR count). The van der Waals surface area contributed by atoms with Crippen LogP contribution in [0.25, 0.3) is 0 Å². The van der Waals surface area contributed by atoms with Crippen LogP contribution in [0.1, 0.15) is 44.4 Å². The van der Waals surface area contributed by atoms with Gasteiger partial charge < -0.3 is 19.5 Å². The summed E-state index contributed by atoms with van der Waals surface area (Å²) in [5.74, 6) is 1.74. The summed E-state index contributed by atoms with van der Waals surface area (Å²) >= 11 is 0. The molecule has 33 heavy (non-hydrogen) atoms. The fourth-order valence-corrected chi connectivity index (χ4v) is 3.21. The van der Waals surface area contributed by atoms with Crippen LogP contribution < -0.4 is 19.5 Å². The van der Waals surface area contributed by atoms with Crippen LogP contribution in [-0.2, 0) is 23.4 Å². The molecule has 0 saturated carbocycles. The fourth-order valence-electron chi connectivity index (χ4n) is 3.21. The van der Waals surface area contributed by atoms with Crippen molar-refractivity contribution < 1.29 is 19.0 Å². The standard InChI is InChI=1S/C27H32N2O4/c1-19(33-23-8-6-7-22(16-23)27(2,3)4)26(30)29-17-21-9-10-24(25(15-21)31-5)32-18-20-11-13-28-14-12-20/h6-16,19H,17-18H2,1-5H3,(H,29,30). The second-order valence-corrected chi connectivity index (χ2v) is 8.89. The van der Waals surface area contributed by atoms with Crippen molar-refractivity contribution in [3.05, 3.63) is 83.7 Å². The van der Waals surface area contributed by atoms with E-state index in [1.807, 2.05) is 48.5 Å². The number of carbonyl (C=O) groups excluding carboxylic acids is 1. The third-order valence-electron chi connectivity index (χ3n) is 5.22. The Bertz CT molecular complexity index is 1060.